The molecule has 0 radical (unpaired) electrons. The van der Waals surface area contributed by atoms with Gasteiger partial charge in [-0.25, -0.2) is 0 Å². The average molecular weight is 290 g/mol. The van der Waals surface area contributed by atoms with Gasteiger partial charge in [0.1, 0.15) is 5.75 Å². The standard InChI is InChI=1S/C14H18N4O3/c1-15-7-8-18(2)14(19)12-16-13(21-17-12)10-5-4-6-11(9-10)20-3/h4-6,9,15H,7-8H2,1-3H3. The van der Waals surface area contributed by atoms with Crippen molar-refractivity contribution in [1.82, 2.24) is 20.4 Å². The van der Waals surface area contributed by atoms with Crippen molar-refractivity contribution in [1.29, 1.82) is 0 Å². The third kappa shape index (κ3) is 3.57. The molecule has 0 fully saturated rings. The summed E-state index contributed by atoms with van der Waals surface area (Å²) in [7, 11) is 5.10. The van der Waals surface area contributed by atoms with Crippen molar-refractivity contribution in [2.75, 3.05) is 34.3 Å². The molecule has 7 heteroatoms. The van der Waals surface area contributed by atoms with E-state index in [4.69, 9.17) is 9.26 Å². The molecule has 1 amide bonds. The predicted octanol–water partition coefficient (Wildman–Crippen LogP) is 1.04. The summed E-state index contributed by atoms with van der Waals surface area (Å²) >= 11 is 0. The van der Waals surface area contributed by atoms with Gasteiger partial charge in [-0.15, -0.1) is 0 Å². The molecule has 0 aliphatic carbocycles. The summed E-state index contributed by atoms with van der Waals surface area (Å²) < 4.78 is 10.3. The van der Waals surface area contributed by atoms with Gasteiger partial charge in [0.05, 0.1) is 7.11 Å². The molecule has 0 unspecified atom stereocenters. The largest absolute Gasteiger partial charge is 0.497 e. The minimum Gasteiger partial charge on any atom is -0.497 e. The molecule has 2 aromatic rings. The quantitative estimate of drug-likeness (QED) is 0.856. The van der Waals surface area contributed by atoms with Crippen LogP contribution in [-0.4, -0.2) is 55.2 Å². The number of aromatic nitrogens is 2. The molecule has 112 valence electrons. The second-order valence-corrected chi connectivity index (χ2v) is 4.49. The van der Waals surface area contributed by atoms with Crippen molar-refractivity contribution in [3.05, 3.63) is 30.1 Å². The van der Waals surface area contributed by atoms with E-state index in [1.54, 1.807) is 20.2 Å². The third-order valence-corrected chi connectivity index (χ3v) is 2.98. The van der Waals surface area contributed by atoms with Crippen LogP contribution in [-0.2, 0) is 0 Å². The highest BCUT2D eigenvalue weighted by molar-refractivity contribution is 5.90. The number of ether oxygens (including phenoxy) is 1. The van der Waals surface area contributed by atoms with Crippen LogP contribution < -0.4 is 10.1 Å². The number of amides is 1. The lowest BCUT2D eigenvalue weighted by Gasteiger charge is -2.13. The Morgan fingerprint density at radius 2 is 2.29 bits per heavy atom. The smallest absolute Gasteiger partial charge is 0.295 e. The highest BCUT2D eigenvalue weighted by Crippen LogP contribution is 2.22. The fourth-order valence-corrected chi connectivity index (χ4v) is 1.74. The number of methoxy groups -OCH3 is 1. The van der Waals surface area contributed by atoms with Crippen molar-refractivity contribution in [2.24, 2.45) is 0 Å². The van der Waals surface area contributed by atoms with Crippen LogP contribution in [0.5, 0.6) is 5.75 Å². The number of carbonyl (C=O) groups excluding carboxylic acids is 1. The van der Waals surface area contributed by atoms with Crippen LogP contribution in [0.3, 0.4) is 0 Å². The lowest BCUT2D eigenvalue weighted by atomic mass is 10.2. The Morgan fingerprint density at radius 3 is 3.00 bits per heavy atom. The van der Waals surface area contributed by atoms with Gasteiger partial charge < -0.3 is 19.5 Å². The van der Waals surface area contributed by atoms with Crippen molar-refractivity contribution in [2.45, 2.75) is 0 Å². The molecule has 1 aromatic carbocycles. The monoisotopic (exact) mass is 290 g/mol. The van der Waals surface area contributed by atoms with Crippen molar-refractivity contribution < 1.29 is 14.1 Å². The van der Waals surface area contributed by atoms with Crippen molar-refractivity contribution in [3.8, 4) is 17.2 Å². The van der Waals surface area contributed by atoms with Gasteiger partial charge in [0.15, 0.2) is 0 Å². The van der Waals surface area contributed by atoms with Crippen LogP contribution in [0.2, 0.25) is 0 Å². The van der Waals surface area contributed by atoms with Crippen molar-refractivity contribution in [3.63, 3.8) is 0 Å². The van der Waals surface area contributed by atoms with Gasteiger partial charge in [-0.3, -0.25) is 4.79 Å². The number of carbonyl (C=O) groups is 1. The first-order chi connectivity index (χ1) is 10.2. The summed E-state index contributed by atoms with van der Waals surface area (Å²) in [5, 5.41) is 6.72. The maximum Gasteiger partial charge on any atom is 0.295 e. The van der Waals surface area contributed by atoms with E-state index in [2.05, 4.69) is 15.5 Å². The van der Waals surface area contributed by atoms with Gasteiger partial charge in [-0.1, -0.05) is 11.2 Å². The van der Waals surface area contributed by atoms with Crippen LogP contribution >= 0.6 is 0 Å². The van der Waals surface area contributed by atoms with E-state index in [1.807, 2.05) is 25.2 Å². The molecule has 0 saturated heterocycles. The minimum atomic E-state index is -0.275. The van der Waals surface area contributed by atoms with Gasteiger partial charge in [0, 0.05) is 25.7 Å². The number of nitrogens with one attached hydrogen (secondary N) is 1. The van der Waals surface area contributed by atoms with Gasteiger partial charge in [0.2, 0.25) is 0 Å². The van der Waals surface area contributed by atoms with Gasteiger partial charge in [-0.05, 0) is 25.2 Å². The average Bonchev–Trinajstić information content (AvgIpc) is 3.01. The second kappa shape index (κ2) is 6.85. The zero-order chi connectivity index (χ0) is 15.2. The summed E-state index contributed by atoms with van der Waals surface area (Å²) in [6.45, 7) is 1.27. The van der Waals surface area contributed by atoms with E-state index in [9.17, 15) is 4.79 Å². The highest BCUT2D eigenvalue weighted by atomic mass is 16.5. The first-order valence-electron chi connectivity index (χ1n) is 6.54. The second-order valence-electron chi connectivity index (χ2n) is 4.49. The fraction of sp³-hybridized carbons (Fsp3) is 0.357. The van der Waals surface area contributed by atoms with E-state index >= 15 is 0 Å². The molecule has 1 aromatic heterocycles. The highest BCUT2D eigenvalue weighted by Gasteiger charge is 2.19. The molecule has 1 N–H and O–H groups in total. The number of benzene rings is 1. The maximum absolute atomic E-state index is 12.1. The molecule has 7 nitrogen and oxygen atoms in total. The lowest BCUT2D eigenvalue weighted by molar-refractivity contribution is 0.0781. The van der Waals surface area contributed by atoms with Crippen LogP contribution in [0.4, 0.5) is 0 Å². The summed E-state index contributed by atoms with van der Waals surface area (Å²) in [4.78, 5) is 17.8. The minimum absolute atomic E-state index is 0.0476. The molecular weight excluding hydrogens is 272 g/mol. The van der Waals surface area contributed by atoms with Crippen LogP contribution in [0, 0.1) is 0 Å². The molecule has 0 aliphatic rings. The molecule has 0 atom stereocenters. The van der Waals surface area contributed by atoms with Crippen LogP contribution in [0.25, 0.3) is 11.5 Å². The fourth-order valence-electron chi connectivity index (χ4n) is 1.74. The summed E-state index contributed by atoms with van der Waals surface area (Å²) in [5.41, 5.74) is 0.707. The molecule has 0 bridgehead atoms. The third-order valence-electron chi connectivity index (χ3n) is 2.98. The van der Waals surface area contributed by atoms with Crippen LogP contribution in [0.15, 0.2) is 28.8 Å². The molecule has 0 aliphatic heterocycles. The lowest BCUT2D eigenvalue weighted by Crippen LogP contribution is -2.33. The van der Waals surface area contributed by atoms with E-state index in [1.165, 1.54) is 4.90 Å². The Hall–Kier alpha value is -2.41. The summed E-state index contributed by atoms with van der Waals surface area (Å²) in [6, 6.07) is 7.22. The first-order valence-corrected chi connectivity index (χ1v) is 6.54. The first kappa shape index (κ1) is 15.0. The Labute approximate surface area is 122 Å². The van der Waals surface area contributed by atoms with Gasteiger partial charge in [0.25, 0.3) is 17.6 Å². The molecular formula is C14H18N4O3. The molecule has 0 spiro atoms. The van der Waals surface area contributed by atoms with Crippen LogP contribution in [0.1, 0.15) is 10.6 Å². The molecule has 1 heterocycles. The zero-order valence-electron chi connectivity index (χ0n) is 12.3. The van der Waals surface area contributed by atoms with Gasteiger partial charge in [-0.2, -0.15) is 4.98 Å². The molecule has 2 rings (SSSR count). The topological polar surface area (TPSA) is 80.5 Å². The summed E-state index contributed by atoms with van der Waals surface area (Å²) in [5.74, 6) is 0.749. The number of nitrogens with zero attached hydrogens (tertiary/aromatic N) is 3. The Bertz CT molecular complexity index is 612. The van der Waals surface area contributed by atoms with Gasteiger partial charge >= 0.3 is 0 Å². The SMILES string of the molecule is CNCCN(C)C(=O)c1noc(-c2cccc(OC)c2)n1. The maximum atomic E-state index is 12.1. The Balaban J connectivity index is 2.15. The summed E-state index contributed by atoms with van der Waals surface area (Å²) in [6.07, 6.45) is 0. The van der Waals surface area contributed by atoms with E-state index < -0.39 is 0 Å². The Kier molecular flexibility index (Phi) is 4.89. The molecule has 21 heavy (non-hydrogen) atoms. The number of rotatable bonds is 6. The number of likely N-dealkylation sites (N-methyl/N-ethyl adjacent to an activating group) is 2. The Morgan fingerprint density at radius 1 is 1.48 bits per heavy atom. The van der Waals surface area contributed by atoms with Crippen molar-refractivity contribution >= 4 is 5.91 Å². The molecule has 0 saturated carbocycles. The number of hydrogen-bond acceptors (Lipinski definition) is 6. The predicted molar refractivity (Wildman–Crippen MR) is 77.2 cm³/mol. The number of hydrogen-bond donors (Lipinski definition) is 1. The van der Waals surface area contributed by atoms with E-state index in [0.29, 0.717) is 30.3 Å². The van der Waals surface area contributed by atoms with E-state index in [0.717, 1.165) is 0 Å². The van der Waals surface area contributed by atoms with E-state index in [-0.39, 0.29) is 11.7 Å². The normalized spacial score (nSPS) is 10.4. The zero-order valence-corrected chi connectivity index (χ0v) is 12.3.